The van der Waals surface area contributed by atoms with Crippen LogP contribution >= 0.6 is 0 Å². The molecule has 2 aromatic carbocycles. The van der Waals surface area contributed by atoms with Crippen molar-refractivity contribution in [3.63, 3.8) is 0 Å². The average Bonchev–Trinajstić information content (AvgIpc) is 2.62. The monoisotopic (exact) mass is 364 g/mol. The summed E-state index contributed by atoms with van der Waals surface area (Å²) in [4.78, 5) is 12.2. The van der Waals surface area contributed by atoms with E-state index in [2.05, 4.69) is 5.32 Å². The molecule has 0 bridgehead atoms. The summed E-state index contributed by atoms with van der Waals surface area (Å²) in [6, 6.07) is 12.3. The summed E-state index contributed by atoms with van der Waals surface area (Å²) in [7, 11) is -3.34. The van der Waals surface area contributed by atoms with Crippen LogP contribution in [0.15, 0.2) is 48.5 Å². The van der Waals surface area contributed by atoms with Gasteiger partial charge in [0, 0.05) is 18.7 Å². The largest absolute Gasteiger partial charge is 0.348 e. The lowest BCUT2D eigenvalue weighted by atomic mass is 10.1. The third kappa shape index (κ3) is 4.79. The number of nitrogens with zero attached hydrogens (tertiary/aromatic N) is 1. The molecule has 1 N–H and O–H groups in total. The van der Waals surface area contributed by atoms with Crippen LogP contribution in [0, 0.1) is 5.82 Å². The summed E-state index contributed by atoms with van der Waals surface area (Å²) >= 11 is 0. The highest BCUT2D eigenvalue weighted by molar-refractivity contribution is 7.92. The van der Waals surface area contributed by atoms with Crippen LogP contribution in [0.2, 0.25) is 0 Å². The Bertz CT molecular complexity index is 818. The van der Waals surface area contributed by atoms with Gasteiger partial charge in [0.2, 0.25) is 10.0 Å². The van der Waals surface area contributed by atoms with E-state index >= 15 is 0 Å². The lowest BCUT2D eigenvalue weighted by Crippen LogP contribution is -2.32. The van der Waals surface area contributed by atoms with Crippen molar-refractivity contribution >= 4 is 21.6 Å². The minimum atomic E-state index is -3.34. The third-order valence-corrected chi connectivity index (χ3v) is 5.64. The molecule has 1 amide bonds. The Morgan fingerprint density at radius 3 is 2.16 bits per heavy atom. The maximum absolute atomic E-state index is 12.9. The first-order valence-corrected chi connectivity index (χ1v) is 9.61. The summed E-state index contributed by atoms with van der Waals surface area (Å²) in [5, 5.41) is 2.75. The van der Waals surface area contributed by atoms with Crippen LogP contribution in [-0.4, -0.2) is 26.6 Å². The highest BCUT2D eigenvalue weighted by Crippen LogP contribution is 2.19. The molecule has 0 aliphatic heterocycles. The van der Waals surface area contributed by atoms with Crippen molar-refractivity contribution < 1.29 is 17.6 Å². The van der Waals surface area contributed by atoms with Crippen molar-refractivity contribution in [2.45, 2.75) is 20.4 Å². The number of halogens is 1. The number of hydrogen-bond donors (Lipinski definition) is 1. The van der Waals surface area contributed by atoms with Crippen molar-refractivity contribution in [1.29, 1.82) is 0 Å². The van der Waals surface area contributed by atoms with Crippen LogP contribution in [-0.2, 0) is 16.6 Å². The van der Waals surface area contributed by atoms with Crippen molar-refractivity contribution in [3.05, 3.63) is 65.5 Å². The second-order valence-corrected chi connectivity index (χ2v) is 7.60. The summed E-state index contributed by atoms with van der Waals surface area (Å²) < 4.78 is 38.3. The number of hydrogen-bond acceptors (Lipinski definition) is 3. The van der Waals surface area contributed by atoms with Crippen molar-refractivity contribution in [1.82, 2.24) is 5.32 Å². The summed E-state index contributed by atoms with van der Waals surface area (Å²) in [6.45, 7) is 3.96. The number of nitrogens with one attached hydrogen (secondary N) is 1. The summed E-state index contributed by atoms with van der Waals surface area (Å²) in [5.41, 5.74) is 1.74. The molecule has 25 heavy (non-hydrogen) atoms. The molecule has 7 heteroatoms. The van der Waals surface area contributed by atoms with Gasteiger partial charge in [-0.25, -0.2) is 12.8 Å². The first kappa shape index (κ1) is 18.9. The molecule has 0 saturated heterocycles. The molecule has 2 rings (SSSR count). The topological polar surface area (TPSA) is 66.5 Å². The van der Waals surface area contributed by atoms with Gasteiger partial charge in [0.05, 0.1) is 11.4 Å². The van der Waals surface area contributed by atoms with Gasteiger partial charge in [0.15, 0.2) is 0 Å². The first-order valence-electron chi connectivity index (χ1n) is 8.00. The summed E-state index contributed by atoms with van der Waals surface area (Å²) in [6.07, 6.45) is 0. The smallest absolute Gasteiger partial charge is 0.251 e. The number of anilines is 1. The van der Waals surface area contributed by atoms with Gasteiger partial charge in [-0.2, -0.15) is 0 Å². The molecule has 0 spiro atoms. The maximum atomic E-state index is 12.9. The van der Waals surface area contributed by atoms with E-state index in [4.69, 9.17) is 0 Å². The number of sulfonamides is 1. The molecule has 0 heterocycles. The zero-order valence-corrected chi connectivity index (χ0v) is 15.0. The molecule has 0 aliphatic carbocycles. The fourth-order valence-electron chi connectivity index (χ4n) is 2.36. The minimum absolute atomic E-state index is 0.0146. The van der Waals surface area contributed by atoms with Gasteiger partial charge >= 0.3 is 0 Å². The first-order chi connectivity index (χ1) is 11.9. The van der Waals surface area contributed by atoms with Gasteiger partial charge in [-0.1, -0.05) is 12.1 Å². The van der Waals surface area contributed by atoms with Gasteiger partial charge in [-0.05, 0) is 55.8 Å². The second-order valence-electron chi connectivity index (χ2n) is 5.42. The second kappa shape index (κ2) is 8.11. The molecular weight excluding hydrogens is 343 g/mol. The number of carbonyl (C=O) groups is 1. The van der Waals surface area contributed by atoms with E-state index in [-0.39, 0.29) is 24.0 Å². The average molecular weight is 364 g/mol. The van der Waals surface area contributed by atoms with Gasteiger partial charge in [-0.3, -0.25) is 9.10 Å². The Balaban J connectivity index is 2.05. The quantitative estimate of drug-likeness (QED) is 0.821. The number of rotatable bonds is 7. The van der Waals surface area contributed by atoms with Crippen molar-refractivity contribution in [2.24, 2.45) is 0 Å². The van der Waals surface area contributed by atoms with Crippen molar-refractivity contribution in [3.8, 4) is 0 Å². The molecule has 0 unspecified atom stereocenters. The Morgan fingerprint density at radius 1 is 1.04 bits per heavy atom. The molecule has 5 nitrogen and oxygen atoms in total. The van der Waals surface area contributed by atoms with Crippen LogP contribution < -0.4 is 9.62 Å². The molecule has 0 aromatic heterocycles. The fourth-order valence-corrected chi connectivity index (χ4v) is 3.51. The number of amides is 1. The van der Waals surface area contributed by atoms with Gasteiger partial charge in [0.1, 0.15) is 5.82 Å². The lowest BCUT2D eigenvalue weighted by molar-refractivity contribution is 0.0951. The molecular formula is C18H21FN2O3S. The normalized spacial score (nSPS) is 11.2. The number of carbonyl (C=O) groups excluding carboxylic acids is 1. The molecule has 0 atom stereocenters. The maximum Gasteiger partial charge on any atom is 0.251 e. The van der Waals surface area contributed by atoms with Gasteiger partial charge in [-0.15, -0.1) is 0 Å². The van der Waals surface area contributed by atoms with E-state index in [1.807, 2.05) is 0 Å². The summed E-state index contributed by atoms with van der Waals surface area (Å²) in [5.74, 6) is -0.591. The van der Waals surface area contributed by atoms with E-state index in [9.17, 15) is 17.6 Å². The Kier molecular flexibility index (Phi) is 6.14. The van der Waals surface area contributed by atoms with E-state index in [0.29, 0.717) is 17.8 Å². The van der Waals surface area contributed by atoms with Crippen LogP contribution in [0.5, 0.6) is 0 Å². The lowest BCUT2D eigenvalue weighted by Gasteiger charge is -2.22. The molecule has 0 radical (unpaired) electrons. The highest BCUT2D eigenvalue weighted by Gasteiger charge is 2.18. The van der Waals surface area contributed by atoms with E-state index in [1.165, 1.54) is 16.4 Å². The molecule has 0 aliphatic rings. The van der Waals surface area contributed by atoms with E-state index < -0.39 is 10.0 Å². The van der Waals surface area contributed by atoms with Crippen molar-refractivity contribution in [2.75, 3.05) is 16.6 Å². The number of benzene rings is 2. The van der Waals surface area contributed by atoms with Crippen LogP contribution in [0.4, 0.5) is 10.1 Å². The van der Waals surface area contributed by atoms with Gasteiger partial charge < -0.3 is 5.32 Å². The van der Waals surface area contributed by atoms with Crippen LogP contribution in [0.25, 0.3) is 0 Å². The highest BCUT2D eigenvalue weighted by atomic mass is 32.2. The zero-order valence-electron chi connectivity index (χ0n) is 14.2. The molecule has 134 valence electrons. The predicted octanol–water partition coefficient (Wildman–Crippen LogP) is 2.93. The fraction of sp³-hybridized carbons (Fsp3) is 0.278. The van der Waals surface area contributed by atoms with Crippen LogP contribution in [0.1, 0.15) is 29.8 Å². The Morgan fingerprint density at radius 2 is 1.64 bits per heavy atom. The van der Waals surface area contributed by atoms with Crippen LogP contribution in [0.3, 0.4) is 0 Å². The van der Waals surface area contributed by atoms with E-state index in [0.717, 1.165) is 5.56 Å². The Hall–Kier alpha value is -2.41. The molecule has 0 fully saturated rings. The minimum Gasteiger partial charge on any atom is -0.348 e. The third-order valence-electron chi connectivity index (χ3n) is 3.77. The Labute approximate surface area is 147 Å². The SMILES string of the molecule is CCN(c1ccc(C(=O)NCc2ccc(F)cc2)cc1)S(=O)(=O)CC. The van der Waals surface area contributed by atoms with Gasteiger partial charge in [0.25, 0.3) is 5.91 Å². The predicted molar refractivity (Wildman–Crippen MR) is 96.5 cm³/mol. The van der Waals surface area contributed by atoms with E-state index in [1.54, 1.807) is 50.2 Å². The molecule has 0 saturated carbocycles. The molecule has 2 aromatic rings. The zero-order chi connectivity index (χ0) is 18.4. The standard InChI is InChI=1S/C18H21FN2O3S/c1-3-21(25(23,24)4-2)17-11-7-15(8-12-17)18(22)20-13-14-5-9-16(19)10-6-14/h5-12H,3-4,13H2,1-2H3,(H,20,22).